The Bertz CT molecular complexity index is 708. The van der Waals surface area contributed by atoms with Gasteiger partial charge in [-0.3, -0.25) is 4.79 Å². The molecule has 1 aromatic rings. The Labute approximate surface area is 194 Å². The summed E-state index contributed by atoms with van der Waals surface area (Å²) in [6.07, 6.45) is 8.79. The van der Waals surface area contributed by atoms with Gasteiger partial charge >= 0.3 is 0 Å². The summed E-state index contributed by atoms with van der Waals surface area (Å²) in [7, 11) is 5.67. The van der Waals surface area contributed by atoms with E-state index < -0.39 is 0 Å². The Morgan fingerprint density at radius 2 is 1.75 bits per heavy atom. The van der Waals surface area contributed by atoms with Crippen LogP contribution in [-0.4, -0.2) is 87.6 Å². The Morgan fingerprint density at radius 1 is 1.06 bits per heavy atom. The minimum atomic E-state index is 0.0194. The first-order valence-electron chi connectivity index (χ1n) is 12.3. The summed E-state index contributed by atoms with van der Waals surface area (Å²) < 4.78 is 0. The van der Waals surface area contributed by atoms with E-state index in [9.17, 15) is 4.79 Å². The minimum Gasteiger partial charge on any atom is -0.375 e. The van der Waals surface area contributed by atoms with Gasteiger partial charge in [-0.25, -0.2) is 4.99 Å². The van der Waals surface area contributed by atoms with Crippen LogP contribution in [0.3, 0.4) is 0 Å². The number of para-hydroxylation sites is 1. The van der Waals surface area contributed by atoms with Crippen molar-refractivity contribution in [3.63, 3.8) is 0 Å². The third-order valence-electron chi connectivity index (χ3n) is 6.74. The van der Waals surface area contributed by atoms with Gasteiger partial charge in [-0.2, -0.15) is 0 Å². The summed E-state index contributed by atoms with van der Waals surface area (Å²) in [6.45, 7) is 4.27. The first-order chi connectivity index (χ1) is 15.5. The molecule has 1 saturated heterocycles. The zero-order valence-corrected chi connectivity index (χ0v) is 20.2. The van der Waals surface area contributed by atoms with E-state index in [2.05, 4.69) is 56.7 Å². The molecular weight excluding hydrogens is 400 g/mol. The first-order valence-corrected chi connectivity index (χ1v) is 12.3. The molecule has 1 aliphatic heterocycles. The summed E-state index contributed by atoms with van der Waals surface area (Å²) in [5.74, 6) is 0.785. The van der Waals surface area contributed by atoms with Crippen molar-refractivity contribution in [1.82, 2.24) is 20.4 Å². The molecule has 2 aliphatic rings. The summed E-state index contributed by atoms with van der Waals surface area (Å²) in [5, 5.41) is 7.07. The van der Waals surface area contributed by atoms with E-state index in [0.717, 1.165) is 57.4 Å². The molecule has 2 fully saturated rings. The fourth-order valence-electron chi connectivity index (χ4n) is 4.65. The van der Waals surface area contributed by atoms with Crippen molar-refractivity contribution >= 4 is 17.6 Å². The maximum absolute atomic E-state index is 12.1. The number of likely N-dealkylation sites (tertiary alicyclic amines) is 1. The van der Waals surface area contributed by atoms with Crippen molar-refractivity contribution in [2.45, 2.75) is 57.0 Å². The van der Waals surface area contributed by atoms with E-state index in [1.54, 1.807) is 19.0 Å². The molecule has 7 nitrogen and oxygen atoms in total. The number of rotatable bonds is 9. The number of piperidine rings is 1. The van der Waals surface area contributed by atoms with E-state index in [1.165, 1.54) is 31.4 Å². The third-order valence-corrected chi connectivity index (χ3v) is 6.74. The zero-order chi connectivity index (χ0) is 22.8. The van der Waals surface area contributed by atoms with Gasteiger partial charge in [-0.15, -0.1) is 0 Å². The maximum atomic E-state index is 12.1. The highest BCUT2D eigenvalue weighted by Crippen LogP contribution is 2.26. The van der Waals surface area contributed by atoms with Crippen LogP contribution in [0.4, 0.5) is 5.69 Å². The Morgan fingerprint density at radius 3 is 2.41 bits per heavy atom. The lowest BCUT2D eigenvalue weighted by Crippen LogP contribution is -2.50. The topological polar surface area (TPSA) is 63.2 Å². The average Bonchev–Trinajstić information content (AvgIpc) is 3.35. The molecule has 0 unspecified atom stereocenters. The Kier molecular flexibility index (Phi) is 9.65. The summed E-state index contributed by atoms with van der Waals surface area (Å²) in [6, 6.07) is 11.7. The minimum absolute atomic E-state index is 0.0194. The van der Waals surface area contributed by atoms with Crippen molar-refractivity contribution < 1.29 is 4.79 Å². The summed E-state index contributed by atoms with van der Waals surface area (Å²) >= 11 is 0. The molecule has 1 aliphatic carbocycles. The lowest BCUT2D eigenvalue weighted by atomic mass is 10.0. The van der Waals surface area contributed by atoms with Gasteiger partial charge in [-0.05, 0) is 44.2 Å². The van der Waals surface area contributed by atoms with Gasteiger partial charge in [0.2, 0.25) is 5.91 Å². The lowest BCUT2D eigenvalue weighted by molar-refractivity contribution is -0.127. The number of amides is 1. The molecule has 3 rings (SSSR count). The quantitative estimate of drug-likeness (QED) is 0.350. The van der Waals surface area contributed by atoms with Crippen LogP contribution in [0, 0.1) is 0 Å². The number of nitrogens with zero attached hydrogens (tertiary/aromatic N) is 4. The number of benzene rings is 1. The molecule has 1 aromatic carbocycles. The third kappa shape index (κ3) is 7.69. The fraction of sp³-hybridized carbons (Fsp3) is 0.680. The van der Waals surface area contributed by atoms with E-state index >= 15 is 0 Å². The molecule has 1 amide bonds. The number of guanidine groups is 1. The number of hydrogen-bond acceptors (Lipinski definition) is 4. The number of anilines is 1. The summed E-state index contributed by atoms with van der Waals surface area (Å²) in [4.78, 5) is 23.2. The second kappa shape index (κ2) is 12.7. The maximum Gasteiger partial charge on any atom is 0.243 e. The standard InChI is InChI=1S/C25H42N6O/c1-29(2)24(32)20-27-25(26-16-9-17-30(3)22-10-5-4-6-11-22)28-21-14-18-31(19-15-21)23-12-7-8-13-23/h4-6,10-11,21,23H,7-9,12-20H2,1-3H3,(H2,26,27,28). The lowest BCUT2D eigenvalue weighted by Gasteiger charge is -2.36. The number of hydrogen-bond donors (Lipinski definition) is 2. The van der Waals surface area contributed by atoms with Crippen LogP contribution in [0.2, 0.25) is 0 Å². The molecule has 1 heterocycles. The molecule has 0 bridgehead atoms. The summed E-state index contributed by atoms with van der Waals surface area (Å²) in [5.41, 5.74) is 1.23. The highest BCUT2D eigenvalue weighted by atomic mass is 16.2. The molecule has 0 spiro atoms. The van der Waals surface area contributed by atoms with Crippen molar-refractivity contribution in [1.29, 1.82) is 0 Å². The molecule has 1 saturated carbocycles. The van der Waals surface area contributed by atoms with Crippen LogP contribution in [0.25, 0.3) is 0 Å². The Hall–Kier alpha value is -2.28. The molecule has 178 valence electrons. The van der Waals surface area contributed by atoms with Gasteiger partial charge in [0.15, 0.2) is 5.96 Å². The number of nitrogens with one attached hydrogen (secondary N) is 2. The van der Waals surface area contributed by atoms with Crippen LogP contribution in [0.5, 0.6) is 0 Å². The smallest absolute Gasteiger partial charge is 0.243 e. The van der Waals surface area contributed by atoms with Gasteiger partial charge in [0.05, 0.1) is 0 Å². The first kappa shape index (κ1) is 24.4. The van der Waals surface area contributed by atoms with Gasteiger partial charge in [0, 0.05) is 65.1 Å². The van der Waals surface area contributed by atoms with Crippen LogP contribution in [0.1, 0.15) is 44.9 Å². The number of aliphatic imine (C=N–C) groups is 1. The monoisotopic (exact) mass is 442 g/mol. The van der Waals surface area contributed by atoms with Gasteiger partial charge < -0.3 is 25.3 Å². The van der Waals surface area contributed by atoms with Gasteiger partial charge in [0.25, 0.3) is 0 Å². The van der Waals surface area contributed by atoms with Crippen LogP contribution < -0.4 is 15.5 Å². The molecule has 0 aromatic heterocycles. The molecule has 2 N–H and O–H groups in total. The van der Waals surface area contributed by atoms with E-state index in [4.69, 9.17) is 0 Å². The largest absolute Gasteiger partial charge is 0.375 e. The normalized spacial score (nSPS) is 18.5. The predicted octanol–water partition coefficient (Wildman–Crippen LogP) is 2.54. The SMILES string of the molecule is CN(C)C(=O)CN=C(NCCCN(C)c1ccccc1)NC1CCN(C2CCCC2)CC1. The van der Waals surface area contributed by atoms with Crippen LogP contribution in [-0.2, 0) is 4.79 Å². The predicted molar refractivity (Wildman–Crippen MR) is 133 cm³/mol. The van der Waals surface area contributed by atoms with Crippen LogP contribution >= 0.6 is 0 Å². The molecule has 0 atom stereocenters. The number of carbonyl (C=O) groups excluding carboxylic acids is 1. The zero-order valence-electron chi connectivity index (χ0n) is 20.2. The van der Waals surface area contributed by atoms with Crippen molar-refractivity contribution in [3.8, 4) is 0 Å². The number of carbonyl (C=O) groups is 1. The second-order valence-electron chi connectivity index (χ2n) is 9.38. The molecular formula is C25H42N6O. The average molecular weight is 443 g/mol. The van der Waals surface area contributed by atoms with E-state index in [1.807, 2.05) is 6.07 Å². The molecule has 0 radical (unpaired) electrons. The van der Waals surface area contributed by atoms with Crippen molar-refractivity contribution in [2.24, 2.45) is 4.99 Å². The van der Waals surface area contributed by atoms with Crippen LogP contribution in [0.15, 0.2) is 35.3 Å². The van der Waals surface area contributed by atoms with Gasteiger partial charge in [0.1, 0.15) is 6.54 Å². The highest BCUT2D eigenvalue weighted by Gasteiger charge is 2.27. The Balaban J connectivity index is 1.46. The van der Waals surface area contributed by atoms with E-state index in [0.29, 0.717) is 6.04 Å². The van der Waals surface area contributed by atoms with E-state index in [-0.39, 0.29) is 12.5 Å². The fourth-order valence-corrected chi connectivity index (χ4v) is 4.65. The van der Waals surface area contributed by atoms with Crippen molar-refractivity contribution in [3.05, 3.63) is 30.3 Å². The number of likely N-dealkylation sites (N-methyl/N-ethyl adjacent to an activating group) is 1. The molecule has 7 heteroatoms. The van der Waals surface area contributed by atoms with Crippen molar-refractivity contribution in [2.75, 3.05) is 58.8 Å². The molecule has 32 heavy (non-hydrogen) atoms. The highest BCUT2D eigenvalue weighted by molar-refractivity contribution is 5.84. The van der Waals surface area contributed by atoms with Gasteiger partial charge in [-0.1, -0.05) is 31.0 Å². The second-order valence-corrected chi connectivity index (χ2v) is 9.38.